The molecule has 1 aromatic rings. The molecule has 1 heterocycles. The molecule has 1 aromatic carbocycles. The maximum Gasteiger partial charge on any atom is 0.339 e. The van der Waals surface area contributed by atoms with Crippen molar-refractivity contribution in [2.75, 3.05) is 7.11 Å². The van der Waals surface area contributed by atoms with Gasteiger partial charge in [0.05, 0.1) is 24.1 Å². The van der Waals surface area contributed by atoms with Gasteiger partial charge in [-0.25, -0.2) is 4.79 Å². The summed E-state index contributed by atoms with van der Waals surface area (Å²) in [5.41, 5.74) is 0.188. The third kappa shape index (κ3) is 2.85. The Labute approximate surface area is 113 Å². The van der Waals surface area contributed by atoms with E-state index in [1.807, 2.05) is 0 Å². The number of ether oxygens (including phenoxy) is 2. The maximum atomic E-state index is 11.8. The standard InChI is InChI=1S/C12H10ClNO5/c1-18-8-4-6(2-3-7(8)13)12(17)19-9-5-10(15)14-11(9)16/h2-4,9H,5H2,1H3,(H,14,15,16). The number of hydrogen-bond acceptors (Lipinski definition) is 5. The molecule has 0 bridgehead atoms. The average Bonchev–Trinajstić information content (AvgIpc) is 2.68. The van der Waals surface area contributed by atoms with Crippen LogP contribution in [0, 0.1) is 0 Å². The largest absolute Gasteiger partial charge is 0.495 e. The van der Waals surface area contributed by atoms with E-state index >= 15 is 0 Å². The Kier molecular flexibility index (Phi) is 3.71. The van der Waals surface area contributed by atoms with Gasteiger partial charge < -0.3 is 9.47 Å². The molecule has 1 aliphatic rings. The van der Waals surface area contributed by atoms with Gasteiger partial charge in [0.1, 0.15) is 5.75 Å². The molecule has 100 valence electrons. The van der Waals surface area contributed by atoms with Crippen molar-refractivity contribution in [1.29, 1.82) is 0 Å². The highest BCUT2D eigenvalue weighted by atomic mass is 35.5. The van der Waals surface area contributed by atoms with Crippen LogP contribution in [0.4, 0.5) is 0 Å². The molecule has 1 atom stereocenters. The number of imide groups is 1. The maximum absolute atomic E-state index is 11.8. The number of halogens is 1. The summed E-state index contributed by atoms with van der Waals surface area (Å²) in [6.45, 7) is 0. The molecule has 0 spiro atoms. The Hall–Kier alpha value is -2.08. The quantitative estimate of drug-likeness (QED) is 0.659. The average molecular weight is 284 g/mol. The van der Waals surface area contributed by atoms with Crippen LogP contribution in [0.2, 0.25) is 5.02 Å². The van der Waals surface area contributed by atoms with Crippen molar-refractivity contribution in [1.82, 2.24) is 5.32 Å². The summed E-state index contributed by atoms with van der Waals surface area (Å²) in [5.74, 6) is -1.47. The minimum Gasteiger partial charge on any atom is -0.495 e. The zero-order valence-corrected chi connectivity index (χ0v) is 10.7. The first-order chi connectivity index (χ1) is 9.01. The van der Waals surface area contributed by atoms with Gasteiger partial charge in [0.2, 0.25) is 5.91 Å². The minimum absolute atomic E-state index is 0.157. The van der Waals surface area contributed by atoms with Gasteiger partial charge in [0.15, 0.2) is 6.10 Å². The third-order valence-electron chi connectivity index (χ3n) is 2.56. The Balaban J connectivity index is 2.12. The number of carbonyl (C=O) groups is 3. The lowest BCUT2D eigenvalue weighted by molar-refractivity contribution is -0.128. The zero-order chi connectivity index (χ0) is 14.0. The molecule has 0 aliphatic carbocycles. The molecule has 2 amide bonds. The van der Waals surface area contributed by atoms with Crippen molar-refractivity contribution in [3.05, 3.63) is 28.8 Å². The van der Waals surface area contributed by atoms with Crippen molar-refractivity contribution in [2.45, 2.75) is 12.5 Å². The second kappa shape index (κ2) is 5.27. The number of carbonyl (C=O) groups excluding carboxylic acids is 3. The topological polar surface area (TPSA) is 81.7 Å². The lowest BCUT2D eigenvalue weighted by Crippen LogP contribution is -2.28. The molecule has 1 aliphatic heterocycles. The second-order valence-electron chi connectivity index (χ2n) is 3.86. The highest BCUT2D eigenvalue weighted by Gasteiger charge is 2.34. The third-order valence-corrected chi connectivity index (χ3v) is 2.87. The van der Waals surface area contributed by atoms with Gasteiger partial charge in [-0.15, -0.1) is 0 Å². The van der Waals surface area contributed by atoms with Crippen LogP contribution in [0.3, 0.4) is 0 Å². The van der Waals surface area contributed by atoms with Gasteiger partial charge in [-0.05, 0) is 18.2 Å². The van der Waals surface area contributed by atoms with E-state index in [0.717, 1.165) is 0 Å². The number of benzene rings is 1. The van der Waals surface area contributed by atoms with Gasteiger partial charge in [0.25, 0.3) is 5.91 Å². The first-order valence-corrected chi connectivity index (χ1v) is 5.77. The number of hydrogen-bond donors (Lipinski definition) is 1. The molecule has 0 radical (unpaired) electrons. The molecule has 1 fully saturated rings. The van der Waals surface area contributed by atoms with Gasteiger partial charge in [-0.1, -0.05) is 11.6 Å². The van der Waals surface area contributed by atoms with Gasteiger partial charge >= 0.3 is 5.97 Å². The Morgan fingerprint density at radius 1 is 1.42 bits per heavy atom. The molecule has 1 unspecified atom stereocenters. The lowest BCUT2D eigenvalue weighted by atomic mass is 10.2. The van der Waals surface area contributed by atoms with Crippen LogP contribution < -0.4 is 10.1 Å². The summed E-state index contributed by atoms with van der Waals surface area (Å²) < 4.78 is 9.92. The normalized spacial score (nSPS) is 18.1. The SMILES string of the molecule is COc1cc(C(=O)OC2CC(=O)NC2=O)ccc1Cl. The number of rotatable bonds is 3. The first-order valence-electron chi connectivity index (χ1n) is 5.39. The number of esters is 1. The molecule has 2 rings (SSSR count). The predicted molar refractivity (Wildman–Crippen MR) is 65.0 cm³/mol. The van der Waals surface area contributed by atoms with Crippen LogP contribution in [0.15, 0.2) is 18.2 Å². The second-order valence-corrected chi connectivity index (χ2v) is 4.27. The van der Waals surface area contributed by atoms with Crippen molar-refractivity contribution in [2.24, 2.45) is 0 Å². The molecule has 1 saturated heterocycles. The number of amides is 2. The summed E-state index contributed by atoms with van der Waals surface area (Å²) in [6.07, 6.45) is -1.24. The van der Waals surface area contributed by atoms with Gasteiger partial charge in [-0.2, -0.15) is 0 Å². The fraction of sp³-hybridized carbons (Fsp3) is 0.250. The van der Waals surface area contributed by atoms with E-state index in [9.17, 15) is 14.4 Å². The molecule has 19 heavy (non-hydrogen) atoms. The summed E-state index contributed by atoms with van der Waals surface area (Å²) in [4.78, 5) is 34.1. The summed E-state index contributed by atoms with van der Waals surface area (Å²) in [5, 5.41) is 2.41. The van der Waals surface area contributed by atoms with E-state index < -0.39 is 23.9 Å². The molecular formula is C12H10ClNO5. The van der Waals surface area contributed by atoms with Crippen molar-refractivity contribution in [3.8, 4) is 5.75 Å². The molecular weight excluding hydrogens is 274 g/mol. The van der Waals surface area contributed by atoms with E-state index in [1.165, 1.54) is 25.3 Å². The summed E-state index contributed by atoms with van der Waals surface area (Å²) >= 11 is 5.83. The smallest absolute Gasteiger partial charge is 0.339 e. The van der Waals surface area contributed by atoms with Crippen LogP contribution in [0.5, 0.6) is 5.75 Å². The van der Waals surface area contributed by atoms with Crippen LogP contribution in [-0.2, 0) is 14.3 Å². The van der Waals surface area contributed by atoms with E-state index in [2.05, 4.69) is 5.32 Å². The molecule has 1 N–H and O–H groups in total. The van der Waals surface area contributed by atoms with Crippen molar-refractivity contribution < 1.29 is 23.9 Å². The summed E-state index contributed by atoms with van der Waals surface area (Å²) in [6, 6.07) is 4.33. The van der Waals surface area contributed by atoms with Gasteiger partial charge in [-0.3, -0.25) is 14.9 Å². The van der Waals surface area contributed by atoms with Crippen LogP contribution in [-0.4, -0.2) is 31.0 Å². The van der Waals surface area contributed by atoms with E-state index in [0.29, 0.717) is 10.8 Å². The molecule has 6 nitrogen and oxygen atoms in total. The zero-order valence-electron chi connectivity index (χ0n) is 9.94. The van der Waals surface area contributed by atoms with E-state index in [4.69, 9.17) is 21.1 Å². The Morgan fingerprint density at radius 3 is 2.74 bits per heavy atom. The van der Waals surface area contributed by atoms with E-state index in [-0.39, 0.29) is 12.0 Å². The minimum atomic E-state index is -1.08. The summed E-state index contributed by atoms with van der Waals surface area (Å²) in [7, 11) is 1.42. The van der Waals surface area contributed by atoms with Crippen molar-refractivity contribution in [3.63, 3.8) is 0 Å². The molecule has 0 aromatic heterocycles. The lowest BCUT2D eigenvalue weighted by Gasteiger charge is -2.10. The van der Waals surface area contributed by atoms with E-state index in [1.54, 1.807) is 0 Å². The predicted octanol–water partition coefficient (Wildman–Crippen LogP) is 0.920. The Bertz CT molecular complexity index is 557. The van der Waals surface area contributed by atoms with Crippen LogP contribution in [0.25, 0.3) is 0 Å². The highest BCUT2D eigenvalue weighted by molar-refractivity contribution is 6.32. The van der Waals surface area contributed by atoms with Crippen LogP contribution >= 0.6 is 11.6 Å². The van der Waals surface area contributed by atoms with Gasteiger partial charge in [0, 0.05) is 0 Å². The molecule has 7 heteroatoms. The Morgan fingerprint density at radius 2 is 2.16 bits per heavy atom. The first kappa shape index (κ1) is 13.4. The molecule has 0 saturated carbocycles. The van der Waals surface area contributed by atoms with Crippen molar-refractivity contribution >= 4 is 29.4 Å². The monoisotopic (exact) mass is 283 g/mol. The fourth-order valence-electron chi connectivity index (χ4n) is 1.61. The fourth-order valence-corrected chi connectivity index (χ4v) is 1.80. The number of methoxy groups -OCH3 is 1. The van der Waals surface area contributed by atoms with Crippen LogP contribution in [0.1, 0.15) is 16.8 Å². The number of nitrogens with one attached hydrogen (secondary N) is 1. The highest BCUT2D eigenvalue weighted by Crippen LogP contribution is 2.25.